The summed E-state index contributed by atoms with van der Waals surface area (Å²) in [5.41, 5.74) is 6.54. The van der Waals surface area contributed by atoms with Crippen LogP contribution >= 0.6 is 0 Å². The van der Waals surface area contributed by atoms with Crippen molar-refractivity contribution >= 4 is 11.6 Å². The first-order valence-corrected chi connectivity index (χ1v) is 5.29. The van der Waals surface area contributed by atoms with Crippen LogP contribution in [0, 0.1) is 5.82 Å². The zero-order valence-electron chi connectivity index (χ0n) is 9.29. The van der Waals surface area contributed by atoms with E-state index in [1.807, 2.05) is 0 Å². The molecule has 0 spiro atoms. The highest BCUT2D eigenvalue weighted by Gasteiger charge is 2.10. The number of hydrogen-bond donors (Lipinski definition) is 1. The Morgan fingerprint density at radius 1 is 1.22 bits per heavy atom. The van der Waals surface area contributed by atoms with E-state index in [2.05, 4.69) is 20.1 Å². The van der Waals surface area contributed by atoms with Crippen LogP contribution in [0.5, 0.6) is 0 Å². The molecule has 0 saturated carbocycles. The average molecular weight is 244 g/mol. The van der Waals surface area contributed by atoms with Crippen LogP contribution in [-0.2, 0) is 6.42 Å². The molecule has 0 amide bonds. The molecule has 0 aliphatic heterocycles. The second kappa shape index (κ2) is 4.02. The lowest BCUT2D eigenvalue weighted by molar-refractivity contribution is 0.601. The zero-order chi connectivity index (χ0) is 12.5. The van der Waals surface area contributed by atoms with E-state index < -0.39 is 0 Å². The molecule has 0 radical (unpaired) electrons. The first kappa shape index (κ1) is 10.6. The van der Waals surface area contributed by atoms with Crippen molar-refractivity contribution in [1.29, 1.82) is 0 Å². The predicted octanol–water partition coefficient (Wildman–Crippen LogP) is 0.831. The van der Waals surface area contributed by atoms with Crippen molar-refractivity contribution < 1.29 is 4.39 Å². The van der Waals surface area contributed by atoms with Crippen molar-refractivity contribution in [2.45, 2.75) is 6.42 Å². The molecule has 18 heavy (non-hydrogen) atoms. The molecule has 0 fully saturated rings. The highest BCUT2D eigenvalue weighted by atomic mass is 19.1. The van der Waals surface area contributed by atoms with Crippen LogP contribution in [0.2, 0.25) is 0 Å². The molecule has 2 N–H and O–H groups in total. The van der Waals surface area contributed by atoms with Crippen LogP contribution in [-0.4, -0.2) is 24.6 Å². The van der Waals surface area contributed by atoms with Gasteiger partial charge in [-0.15, -0.1) is 5.10 Å². The fourth-order valence-electron chi connectivity index (χ4n) is 1.65. The van der Waals surface area contributed by atoms with Crippen molar-refractivity contribution in [3.63, 3.8) is 0 Å². The van der Waals surface area contributed by atoms with E-state index in [0.29, 0.717) is 17.2 Å². The largest absolute Gasteiger partial charge is 0.368 e. The standard InChI is InChI=1S/C11H9FN6/c12-7-2-1-4-14-8(7)6-9-16-10-3-5-15-11(13)18(10)17-9/h1-5H,6H2,(H2,13,15). The lowest BCUT2D eigenvalue weighted by Gasteiger charge is -1.97. The molecule has 0 saturated heterocycles. The van der Waals surface area contributed by atoms with Crippen molar-refractivity contribution in [1.82, 2.24) is 24.6 Å². The fraction of sp³-hybridized carbons (Fsp3) is 0.0909. The van der Waals surface area contributed by atoms with Crippen molar-refractivity contribution in [3.8, 4) is 0 Å². The van der Waals surface area contributed by atoms with Crippen LogP contribution in [0.15, 0.2) is 30.6 Å². The fourth-order valence-corrected chi connectivity index (χ4v) is 1.65. The third kappa shape index (κ3) is 1.75. The average Bonchev–Trinajstić information content (AvgIpc) is 2.76. The number of nitrogens with zero attached hydrogens (tertiary/aromatic N) is 5. The molecule has 90 valence electrons. The maximum atomic E-state index is 13.4. The van der Waals surface area contributed by atoms with Gasteiger partial charge in [-0.2, -0.15) is 4.52 Å². The summed E-state index contributed by atoms with van der Waals surface area (Å²) >= 11 is 0. The maximum absolute atomic E-state index is 13.4. The first-order chi connectivity index (χ1) is 8.74. The van der Waals surface area contributed by atoms with Gasteiger partial charge in [-0.3, -0.25) is 4.98 Å². The topological polar surface area (TPSA) is 82.0 Å². The Balaban J connectivity index is 2.01. The molecule has 3 aromatic heterocycles. The minimum Gasteiger partial charge on any atom is -0.368 e. The SMILES string of the molecule is Nc1nccc2nc(Cc3ncccc3F)nn12. The number of aromatic nitrogens is 5. The van der Waals surface area contributed by atoms with Gasteiger partial charge in [-0.05, 0) is 12.1 Å². The van der Waals surface area contributed by atoms with Crippen LogP contribution in [0.4, 0.5) is 10.3 Å². The van der Waals surface area contributed by atoms with E-state index in [-0.39, 0.29) is 18.2 Å². The summed E-state index contributed by atoms with van der Waals surface area (Å²) in [6.07, 6.45) is 3.29. The summed E-state index contributed by atoms with van der Waals surface area (Å²) in [4.78, 5) is 12.1. The number of halogens is 1. The van der Waals surface area contributed by atoms with E-state index in [1.54, 1.807) is 12.3 Å². The summed E-state index contributed by atoms with van der Waals surface area (Å²) in [6, 6.07) is 4.58. The number of rotatable bonds is 2. The third-order valence-electron chi connectivity index (χ3n) is 2.48. The lowest BCUT2D eigenvalue weighted by Crippen LogP contribution is -2.01. The second-order valence-corrected chi connectivity index (χ2v) is 3.71. The van der Waals surface area contributed by atoms with Gasteiger partial charge >= 0.3 is 0 Å². The molecule has 0 aromatic carbocycles. The van der Waals surface area contributed by atoms with Gasteiger partial charge in [0, 0.05) is 18.5 Å². The Morgan fingerprint density at radius 3 is 2.89 bits per heavy atom. The van der Waals surface area contributed by atoms with Gasteiger partial charge in [0.15, 0.2) is 11.5 Å². The van der Waals surface area contributed by atoms with Crippen LogP contribution in [0.1, 0.15) is 11.5 Å². The number of fused-ring (bicyclic) bond motifs is 1. The highest BCUT2D eigenvalue weighted by Crippen LogP contribution is 2.10. The molecule has 7 heteroatoms. The summed E-state index contributed by atoms with van der Waals surface area (Å²) in [5, 5.41) is 4.16. The monoisotopic (exact) mass is 244 g/mol. The molecular formula is C11H9FN6. The Kier molecular flexibility index (Phi) is 2.36. The minimum atomic E-state index is -0.373. The Bertz CT molecular complexity index is 708. The summed E-state index contributed by atoms with van der Waals surface area (Å²) < 4.78 is 14.9. The quantitative estimate of drug-likeness (QED) is 0.722. The smallest absolute Gasteiger partial charge is 0.223 e. The molecule has 0 aliphatic carbocycles. The van der Waals surface area contributed by atoms with Gasteiger partial charge < -0.3 is 5.73 Å². The Morgan fingerprint density at radius 2 is 2.11 bits per heavy atom. The van der Waals surface area contributed by atoms with Gasteiger partial charge in [0.25, 0.3) is 0 Å². The molecule has 0 atom stereocenters. The third-order valence-corrected chi connectivity index (χ3v) is 2.48. The number of hydrogen-bond acceptors (Lipinski definition) is 5. The Hall–Kier alpha value is -2.57. The maximum Gasteiger partial charge on any atom is 0.223 e. The van der Waals surface area contributed by atoms with E-state index in [1.165, 1.54) is 22.8 Å². The van der Waals surface area contributed by atoms with Gasteiger partial charge in [-0.25, -0.2) is 14.4 Å². The van der Waals surface area contributed by atoms with Gasteiger partial charge in [0.2, 0.25) is 5.95 Å². The second-order valence-electron chi connectivity index (χ2n) is 3.71. The van der Waals surface area contributed by atoms with Crippen LogP contribution in [0.25, 0.3) is 5.65 Å². The number of nitrogens with two attached hydrogens (primary N) is 1. The molecule has 6 nitrogen and oxygen atoms in total. The van der Waals surface area contributed by atoms with Gasteiger partial charge in [0.05, 0.1) is 12.1 Å². The van der Waals surface area contributed by atoms with Gasteiger partial charge in [-0.1, -0.05) is 0 Å². The molecule has 3 rings (SSSR count). The number of nitrogen functional groups attached to an aromatic ring is 1. The number of anilines is 1. The van der Waals surface area contributed by atoms with Crippen LogP contribution in [0.3, 0.4) is 0 Å². The van der Waals surface area contributed by atoms with Crippen molar-refractivity contribution in [2.75, 3.05) is 5.73 Å². The van der Waals surface area contributed by atoms with Crippen molar-refractivity contribution in [3.05, 3.63) is 47.9 Å². The van der Waals surface area contributed by atoms with E-state index >= 15 is 0 Å². The highest BCUT2D eigenvalue weighted by molar-refractivity contribution is 5.41. The molecule has 0 unspecified atom stereocenters. The lowest BCUT2D eigenvalue weighted by atomic mass is 10.2. The zero-order valence-corrected chi connectivity index (χ0v) is 9.29. The van der Waals surface area contributed by atoms with Gasteiger partial charge in [0.1, 0.15) is 5.82 Å². The minimum absolute atomic E-state index is 0.216. The van der Waals surface area contributed by atoms with E-state index in [9.17, 15) is 4.39 Å². The normalized spacial score (nSPS) is 10.9. The summed E-state index contributed by atoms with van der Waals surface area (Å²) in [7, 11) is 0. The van der Waals surface area contributed by atoms with E-state index in [0.717, 1.165) is 0 Å². The van der Waals surface area contributed by atoms with Crippen LogP contribution < -0.4 is 5.73 Å². The summed E-state index contributed by atoms with van der Waals surface area (Å²) in [5.74, 6) is 0.322. The summed E-state index contributed by atoms with van der Waals surface area (Å²) in [6.45, 7) is 0. The predicted molar refractivity (Wildman–Crippen MR) is 62.2 cm³/mol. The molecule has 0 aliphatic rings. The number of pyridine rings is 1. The van der Waals surface area contributed by atoms with Crippen molar-refractivity contribution in [2.24, 2.45) is 0 Å². The molecular weight excluding hydrogens is 235 g/mol. The molecule has 3 heterocycles. The first-order valence-electron chi connectivity index (χ1n) is 5.29. The Labute approximate surface area is 101 Å². The molecule has 0 bridgehead atoms. The molecule has 3 aromatic rings. The van der Waals surface area contributed by atoms with E-state index in [4.69, 9.17) is 5.73 Å².